The van der Waals surface area contributed by atoms with Crippen LogP contribution in [0.15, 0.2) is 24.3 Å². The van der Waals surface area contributed by atoms with Crippen molar-refractivity contribution < 1.29 is 0 Å². The van der Waals surface area contributed by atoms with Gasteiger partial charge in [-0.25, -0.2) is 0 Å². The van der Waals surface area contributed by atoms with E-state index in [1.807, 2.05) is 12.1 Å². The molecule has 1 aromatic carbocycles. The second-order valence-corrected chi connectivity index (χ2v) is 4.56. The molecule has 15 heavy (non-hydrogen) atoms. The van der Waals surface area contributed by atoms with Gasteiger partial charge in [-0.3, -0.25) is 0 Å². The third kappa shape index (κ3) is 1.48. The lowest BCUT2D eigenvalue weighted by molar-refractivity contribution is 0.559. The van der Waals surface area contributed by atoms with Crippen LogP contribution in [0.3, 0.4) is 0 Å². The zero-order valence-electron chi connectivity index (χ0n) is 8.69. The van der Waals surface area contributed by atoms with Gasteiger partial charge in [0.1, 0.15) is 0 Å². The van der Waals surface area contributed by atoms with Gasteiger partial charge in [-0.2, -0.15) is 5.26 Å². The van der Waals surface area contributed by atoms with Gasteiger partial charge in [0.05, 0.1) is 11.6 Å². The molecule has 0 radical (unpaired) electrons. The van der Waals surface area contributed by atoms with Crippen molar-refractivity contribution in [2.24, 2.45) is 5.92 Å². The van der Waals surface area contributed by atoms with Gasteiger partial charge in [0.2, 0.25) is 0 Å². The van der Waals surface area contributed by atoms with E-state index >= 15 is 0 Å². The summed E-state index contributed by atoms with van der Waals surface area (Å²) in [4.78, 5) is 2.51. The van der Waals surface area contributed by atoms with Crippen LogP contribution < -0.4 is 4.90 Å². The summed E-state index contributed by atoms with van der Waals surface area (Å²) in [5.74, 6) is 0.953. The Hall–Kier alpha value is -1.49. The fourth-order valence-electron chi connectivity index (χ4n) is 2.66. The molecule has 2 aliphatic rings. The van der Waals surface area contributed by atoms with Crippen LogP contribution >= 0.6 is 0 Å². The van der Waals surface area contributed by atoms with Gasteiger partial charge >= 0.3 is 0 Å². The fourth-order valence-corrected chi connectivity index (χ4v) is 2.66. The Kier molecular flexibility index (Phi) is 1.92. The molecule has 2 fully saturated rings. The number of nitriles is 1. The monoisotopic (exact) mass is 198 g/mol. The quantitative estimate of drug-likeness (QED) is 0.693. The van der Waals surface area contributed by atoms with Crippen LogP contribution in [0.2, 0.25) is 0 Å². The third-order valence-corrected chi connectivity index (χ3v) is 3.59. The molecule has 76 valence electrons. The lowest BCUT2D eigenvalue weighted by atomic mass is 10.1. The average Bonchev–Trinajstić information content (AvgIpc) is 3.08. The molecule has 1 saturated carbocycles. The standard InChI is InChI=1S/C13H14N2/c14-9-10-3-5-12(6-4-10)15-7-1-2-11-8-13(11)15/h3-6,11,13H,1-2,7-8H2. The summed E-state index contributed by atoms with van der Waals surface area (Å²) in [6.07, 6.45) is 4.11. The Bertz CT molecular complexity index is 402. The highest BCUT2D eigenvalue weighted by atomic mass is 15.2. The van der Waals surface area contributed by atoms with E-state index in [-0.39, 0.29) is 0 Å². The smallest absolute Gasteiger partial charge is 0.0991 e. The summed E-state index contributed by atoms with van der Waals surface area (Å²) in [6.45, 7) is 1.19. The van der Waals surface area contributed by atoms with Gasteiger partial charge in [-0.1, -0.05) is 0 Å². The van der Waals surface area contributed by atoms with Crippen LogP contribution in [-0.2, 0) is 0 Å². The summed E-state index contributed by atoms with van der Waals surface area (Å²) in [5, 5.41) is 8.74. The van der Waals surface area contributed by atoms with E-state index < -0.39 is 0 Å². The lowest BCUT2D eigenvalue weighted by Crippen LogP contribution is -2.31. The molecular weight excluding hydrogens is 184 g/mol. The molecule has 2 unspecified atom stereocenters. The molecular formula is C13H14N2. The molecule has 0 bridgehead atoms. The Morgan fingerprint density at radius 1 is 1.27 bits per heavy atom. The van der Waals surface area contributed by atoms with Gasteiger partial charge in [-0.15, -0.1) is 0 Å². The summed E-state index contributed by atoms with van der Waals surface area (Å²) < 4.78 is 0. The number of piperidine rings is 1. The van der Waals surface area contributed by atoms with E-state index in [0.29, 0.717) is 0 Å². The maximum absolute atomic E-state index is 8.74. The Balaban J connectivity index is 1.83. The fraction of sp³-hybridized carbons (Fsp3) is 0.462. The predicted octanol–water partition coefficient (Wildman–Crippen LogP) is 2.55. The topological polar surface area (TPSA) is 27.0 Å². The normalized spacial score (nSPS) is 28.1. The van der Waals surface area contributed by atoms with E-state index in [0.717, 1.165) is 17.5 Å². The molecule has 2 nitrogen and oxygen atoms in total. The van der Waals surface area contributed by atoms with Gasteiger partial charge in [0.25, 0.3) is 0 Å². The number of anilines is 1. The minimum Gasteiger partial charge on any atom is -0.368 e. The number of hydrogen-bond acceptors (Lipinski definition) is 2. The van der Waals surface area contributed by atoms with Crippen molar-refractivity contribution in [2.45, 2.75) is 25.3 Å². The molecule has 2 atom stereocenters. The number of nitrogens with zero attached hydrogens (tertiary/aromatic N) is 2. The van der Waals surface area contributed by atoms with Crippen molar-refractivity contribution in [3.8, 4) is 6.07 Å². The molecule has 0 amide bonds. The molecule has 2 heteroatoms. The zero-order valence-corrected chi connectivity index (χ0v) is 8.69. The first kappa shape index (κ1) is 8.79. The Labute approximate surface area is 90.1 Å². The summed E-state index contributed by atoms with van der Waals surface area (Å²) in [5.41, 5.74) is 2.05. The van der Waals surface area contributed by atoms with Crippen LogP contribution in [0, 0.1) is 17.2 Å². The minimum atomic E-state index is 0.753. The highest BCUT2D eigenvalue weighted by molar-refractivity contribution is 5.52. The number of fused-ring (bicyclic) bond motifs is 1. The van der Waals surface area contributed by atoms with Crippen LogP contribution in [0.25, 0.3) is 0 Å². The number of rotatable bonds is 1. The minimum absolute atomic E-state index is 0.753. The molecule has 1 aromatic rings. The molecule has 0 aromatic heterocycles. The summed E-state index contributed by atoms with van der Waals surface area (Å²) in [7, 11) is 0. The van der Waals surface area contributed by atoms with Crippen molar-refractivity contribution in [1.29, 1.82) is 5.26 Å². The second-order valence-electron chi connectivity index (χ2n) is 4.56. The van der Waals surface area contributed by atoms with Gasteiger partial charge in [0.15, 0.2) is 0 Å². The second kappa shape index (κ2) is 3.27. The summed E-state index contributed by atoms with van der Waals surface area (Å²) in [6, 6.07) is 11.0. The largest absolute Gasteiger partial charge is 0.368 e. The van der Waals surface area contributed by atoms with E-state index in [2.05, 4.69) is 23.1 Å². The van der Waals surface area contributed by atoms with Crippen molar-refractivity contribution in [3.05, 3.63) is 29.8 Å². The first-order valence-corrected chi connectivity index (χ1v) is 5.65. The van der Waals surface area contributed by atoms with Crippen LogP contribution in [0.5, 0.6) is 0 Å². The van der Waals surface area contributed by atoms with E-state index in [1.165, 1.54) is 31.5 Å². The average molecular weight is 198 g/mol. The molecule has 0 spiro atoms. The van der Waals surface area contributed by atoms with Crippen LogP contribution in [0.4, 0.5) is 5.69 Å². The highest BCUT2D eigenvalue weighted by Crippen LogP contribution is 2.44. The van der Waals surface area contributed by atoms with Gasteiger partial charge < -0.3 is 4.90 Å². The van der Waals surface area contributed by atoms with E-state index in [1.54, 1.807) is 0 Å². The molecule has 1 heterocycles. The molecule has 0 N–H and O–H groups in total. The maximum Gasteiger partial charge on any atom is 0.0991 e. The Morgan fingerprint density at radius 2 is 2.07 bits per heavy atom. The maximum atomic E-state index is 8.74. The molecule has 1 aliphatic heterocycles. The lowest BCUT2D eigenvalue weighted by Gasteiger charge is -2.28. The van der Waals surface area contributed by atoms with Gasteiger partial charge in [0, 0.05) is 18.3 Å². The zero-order chi connectivity index (χ0) is 10.3. The predicted molar refractivity (Wildman–Crippen MR) is 59.6 cm³/mol. The van der Waals surface area contributed by atoms with Crippen LogP contribution in [0.1, 0.15) is 24.8 Å². The Morgan fingerprint density at radius 3 is 2.80 bits per heavy atom. The van der Waals surface area contributed by atoms with E-state index in [9.17, 15) is 0 Å². The van der Waals surface area contributed by atoms with Crippen molar-refractivity contribution >= 4 is 5.69 Å². The molecule has 1 aliphatic carbocycles. The van der Waals surface area contributed by atoms with Crippen LogP contribution in [-0.4, -0.2) is 12.6 Å². The number of hydrogen-bond donors (Lipinski definition) is 0. The van der Waals surface area contributed by atoms with Gasteiger partial charge in [-0.05, 0) is 49.4 Å². The summed E-state index contributed by atoms with van der Waals surface area (Å²) >= 11 is 0. The first-order chi connectivity index (χ1) is 7.38. The first-order valence-electron chi connectivity index (χ1n) is 5.65. The third-order valence-electron chi connectivity index (χ3n) is 3.59. The van der Waals surface area contributed by atoms with Crippen molar-refractivity contribution in [2.75, 3.05) is 11.4 Å². The van der Waals surface area contributed by atoms with E-state index in [4.69, 9.17) is 5.26 Å². The molecule has 1 saturated heterocycles. The molecule has 3 rings (SSSR count). The van der Waals surface area contributed by atoms with Crippen molar-refractivity contribution in [3.63, 3.8) is 0 Å². The number of benzene rings is 1. The SMILES string of the molecule is N#Cc1ccc(N2CCCC3CC32)cc1. The van der Waals surface area contributed by atoms with Crippen molar-refractivity contribution in [1.82, 2.24) is 0 Å². The highest BCUT2D eigenvalue weighted by Gasteiger charge is 2.43.